The molecule has 1 aliphatic rings. The lowest BCUT2D eigenvalue weighted by Crippen LogP contribution is -2.56. The molecular weight excluding hydrogens is 244 g/mol. The molecule has 5 nitrogen and oxygen atoms in total. The average Bonchev–Trinajstić information content (AvgIpc) is 2.27. The summed E-state index contributed by atoms with van der Waals surface area (Å²) in [7, 11) is 0. The fourth-order valence-corrected chi connectivity index (χ4v) is 2.83. The maximum Gasteiger partial charge on any atom is 0.329 e. The highest BCUT2D eigenvalue weighted by Crippen LogP contribution is 2.32. The Morgan fingerprint density at radius 3 is 2.74 bits per heavy atom. The second kappa shape index (κ2) is 6.89. The lowest BCUT2D eigenvalue weighted by atomic mass is 9.76. The average molecular weight is 270 g/mol. The molecule has 19 heavy (non-hydrogen) atoms. The van der Waals surface area contributed by atoms with E-state index >= 15 is 0 Å². The molecule has 0 saturated heterocycles. The lowest BCUT2D eigenvalue weighted by molar-refractivity contribution is -0.150. The summed E-state index contributed by atoms with van der Waals surface area (Å²) in [6.45, 7) is 3.94. The van der Waals surface area contributed by atoms with E-state index in [1.165, 1.54) is 0 Å². The minimum absolute atomic E-state index is 0.0796. The Morgan fingerprint density at radius 2 is 2.21 bits per heavy atom. The van der Waals surface area contributed by atoms with Crippen LogP contribution >= 0.6 is 0 Å². The molecule has 1 aliphatic carbocycles. The number of carboxylic acids is 1. The largest absolute Gasteiger partial charge is 0.480 e. The Balaban J connectivity index is 2.54. The number of hydrogen-bond acceptors (Lipinski definition) is 3. The number of nitrogens with two attached hydrogens (primary N) is 1. The molecule has 110 valence electrons. The van der Waals surface area contributed by atoms with Crippen molar-refractivity contribution in [3.05, 3.63) is 0 Å². The van der Waals surface area contributed by atoms with Crippen molar-refractivity contribution in [1.29, 1.82) is 0 Å². The highest BCUT2D eigenvalue weighted by atomic mass is 16.4. The van der Waals surface area contributed by atoms with E-state index in [1.807, 2.05) is 13.8 Å². The van der Waals surface area contributed by atoms with E-state index in [0.29, 0.717) is 31.6 Å². The Morgan fingerprint density at radius 1 is 1.53 bits per heavy atom. The van der Waals surface area contributed by atoms with Gasteiger partial charge < -0.3 is 16.2 Å². The molecule has 0 bridgehead atoms. The van der Waals surface area contributed by atoms with E-state index in [2.05, 4.69) is 5.32 Å². The third-order valence-electron chi connectivity index (χ3n) is 3.85. The topological polar surface area (TPSA) is 92.4 Å². The van der Waals surface area contributed by atoms with Gasteiger partial charge in [-0.15, -0.1) is 0 Å². The first-order valence-electron chi connectivity index (χ1n) is 7.16. The molecule has 0 aromatic carbocycles. The molecule has 5 heteroatoms. The van der Waals surface area contributed by atoms with Crippen LogP contribution in [0.5, 0.6) is 0 Å². The van der Waals surface area contributed by atoms with Gasteiger partial charge in [0.2, 0.25) is 5.91 Å². The predicted octanol–water partition coefficient (Wildman–Crippen LogP) is 1.65. The van der Waals surface area contributed by atoms with Gasteiger partial charge >= 0.3 is 5.97 Å². The number of rotatable bonds is 6. The van der Waals surface area contributed by atoms with Crippen molar-refractivity contribution in [1.82, 2.24) is 5.32 Å². The summed E-state index contributed by atoms with van der Waals surface area (Å²) in [4.78, 5) is 23.4. The zero-order valence-electron chi connectivity index (χ0n) is 11.9. The lowest BCUT2D eigenvalue weighted by Gasteiger charge is -2.37. The fraction of sp³-hybridized carbons (Fsp3) is 0.857. The van der Waals surface area contributed by atoms with E-state index in [4.69, 9.17) is 5.73 Å². The molecule has 1 fully saturated rings. The smallest absolute Gasteiger partial charge is 0.329 e. The Kier molecular flexibility index (Phi) is 5.79. The summed E-state index contributed by atoms with van der Waals surface area (Å²) in [6, 6.07) is 0.0796. The fourth-order valence-electron chi connectivity index (χ4n) is 2.83. The van der Waals surface area contributed by atoms with Crippen LogP contribution in [0.15, 0.2) is 0 Å². The molecule has 0 aromatic heterocycles. The van der Waals surface area contributed by atoms with Crippen molar-refractivity contribution < 1.29 is 14.7 Å². The summed E-state index contributed by atoms with van der Waals surface area (Å²) in [6.07, 6.45) is 4.79. The Hall–Kier alpha value is -1.10. The number of nitrogens with one attached hydrogen (secondary N) is 1. The maximum absolute atomic E-state index is 11.9. The molecule has 3 atom stereocenters. The van der Waals surface area contributed by atoms with E-state index in [9.17, 15) is 14.7 Å². The van der Waals surface area contributed by atoms with Gasteiger partial charge in [0.05, 0.1) is 0 Å². The van der Waals surface area contributed by atoms with Crippen molar-refractivity contribution in [3.63, 3.8) is 0 Å². The molecule has 3 unspecified atom stereocenters. The van der Waals surface area contributed by atoms with Gasteiger partial charge in [0.15, 0.2) is 0 Å². The highest BCUT2D eigenvalue weighted by molar-refractivity contribution is 5.87. The van der Waals surface area contributed by atoms with Crippen LogP contribution in [-0.4, -0.2) is 28.6 Å². The summed E-state index contributed by atoms with van der Waals surface area (Å²) in [5, 5.41) is 12.2. The summed E-state index contributed by atoms with van der Waals surface area (Å²) >= 11 is 0. The van der Waals surface area contributed by atoms with E-state index in [1.54, 1.807) is 0 Å². The van der Waals surface area contributed by atoms with Crippen molar-refractivity contribution in [2.75, 3.05) is 0 Å². The molecule has 0 aliphatic heterocycles. The van der Waals surface area contributed by atoms with Crippen molar-refractivity contribution >= 4 is 11.9 Å². The van der Waals surface area contributed by atoms with Crippen LogP contribution in [0.25, 0.3) is 0 Å². The predicted molar refractivity (Wildman–Crippen MR) is 73.6 cm³/mol. The van der Waals surface area contributed by atoms with Gasteiger partial charge in [0, 0.05) is 12.5 Å². The SMILES string of the molecule is CC(N)CCCC(=O)NC1(C(=O)O)CCCC(C)C1. The number of hydrogen-bond donors (Lipinski definition) is 3. The Labute approximate surface area is 114 Å². The van der Waals surface area contributed by atoms with Crippen LogP contribution < -0.4 is 11.1 Å². The number of carboxylic acid groups (broad SMARTS) is 1. The monoisotopic (exact) mass is 270 g/mol. The van der Waals surface area contributed by atoms with Gasteiger partial charge in [-0.3, -0.25) is 4.79 Å². The standard InChI is InChI=1S/C14H26N2O3/c1-10-5-4-8-14(9-10,13(18)19)16-12(17)7-3-6-11(2)15/h10-11H,3-9,15H2,1-2H3,(H,16,17)(H,18,19). The van der Waals surface area contributed by atoms with Crippen LogP contribution in [0.1, 0.15) is 58.8 Å². The van der Waals surface area contributed by atoms with Crippen LogP contribution in [0.3, 0.4) is 0 Å². The third-order valence-corrected chi connectivity index (χ3v) is 3.85. The van der Waals surface area contributed by atoms with Crippen LogP contribution in [-0.2, 0) is 9.59 Å². The summed E-state index contributed by atoms with van der Waals surface area (Å²) in [5.74, 6) is -0.731. The number of aliphatic carboxylic acids is 1. The van der Waals surface area contributed by atoms with Gasteiger partial charge in [-0.05, 0) is 38.5 Å². The van der Waals surface area contributed by atoms with Crippen LogP contribution in [0.4, 0.5) is 0 Å². The number of carbonyl (C=O) groups is 2. The minimum Gasteiger partial charge on any atom is -0.480 e. The van der Waals surface area contributed by atoms with Crippen LogP contribution in [0, 0.1) is 5.92 Å². The van der Waals surface area contributed by atoms with Crippen LogP contribution in [0.2, 0.25) is 0 Å². The van der Waals surface area contributed by atoms with Gasteiger partial charge in [-0.2, -0.15) is 0 Å². The molecule has 0 heterocycles. The molecule has 0 spiro atoms. The molecule has 0 aromatic rings. The van der Waals surface area contributed by atoms with Crippen molar-refractivity contribution in [2.24, 2.45) is 11.7 Å². The van der Waals surface area contributed by atoms with Gasteiger partial charge in [-0.1, -0.05) is 19.8 Å². The van der Waals surface area contributed by atoms with E-state index in [0.717, 1.165) is 19.3 Å². The quantitative estimate of drug-likeness (QED) is 0.684. The zero-order valence-corrected chi connectivity index (χ0v) is 11.9. The molecule has 1 amide bonds. The molecular formula is C14H26N2O3. The number of carbonyl (C=O) groups excluding carboxylic acids is 1. The van der Waals surface area contributed by atoms with E-state index in [-0.39, 0.29) is 11.9 Å². The number of amides is 1. The second-order valence-corrected chi connectivity index (χ2v) is 6.01. The van der Waals surface area contributed by atoms with Gasteiger partial charge in [0.1, 0.15) is 5.54 Å². The molecule has 4 N–H and O–H groups in total. The zero-order chi connectivity index (χ0) is 14.5. The van der Waals surface area contributed by atoms with E-state index < -0.39 is 11.5 Å². The van der Waals surface area contributed by atoms with Crippen molar-refractivity contribution in [3.8, 4) is 0 Å². The molecule has 1 saturated carbocycles. The molecule has 1 rings (SSSR count). The van der Waals surface area contributed by atoms with Crippen molar-refractivity contribution in [2.45, 2.75) is 70.4 Å². The third kappa shape index (κ3) is 4.82. The summed E-state index contributed by atoms with van der Waals surface area (Å²) < 4.78 is 0. The first-order valence-corrected chi connectivity index (χ1v) is 7.16. The minimum atomic E-state index is -1.05. The first-order chi connectivity index (χ1) is 8.85. The second-order valence-electron chi connectivity index (χ2n) is 6.01. The maximum atomic E-state index is 11.9. The van der Waals surface area contributed by atoms with Gasteiger partial charge in [-0.25, -0.2) is 4.79 Å². The highest BCUT2D eigenvalue weighted by Gasteiger charge is 2.42. The van der Waals surface area contributed by atoms with Gasteiger partial charge in [0.25, 0.3) is 0 Å². The summed E-state index contributed by atoms with van der Waals surface area (Å²) in [5.41, 5.74) is 4.58. The Bertz CT molecular complexity index is 331. The first kappa shape index (κ1) is 16.0. The normalized spacial score (nSPS) is 28.7. The molecule has 0 radical (unpaired) electrons.